The summed E-state index contributed by atoms with van der Waals surface area (Å²) in [5.74, 6) is -0.102. The minimum Gasteiger partial charge on any atom is -0.310 e. The Hall–Kier alpha value is -0.960. The fourth-order valence-corrected chi connectivity index (χ4v) is 2.69. The molecule has 0 atom stereocenters. The van der Waals surface area contributed by atoms with Crippen molar-refractivity contribution in [3.63, 3.8) is 0 Å². The summed E-state index contributed by atoms with van der Waals surface area (Å²) >= 11 is 0. The summed E-state index contributed by atoms with van der Waals surface area (Å²) in [4.78, 5) is 0. The zero-order chi connectivity index (χ0) is 13.0. The van der Waals surface area contributed by atoms with Gasteiger partial charge in [-0.15, -0.1) is 0 Å². The maximum absolute atomic E-state index is 13.4. The second-order valence-electron chi connectivity index (χ2n) is 5.24. The van der Waals surface area contributed by atoms with E-state index >= 15 is 0 Å². The van der Waals surface area contributed by atoms with E-state index in [1.165, 1.54) is 44.2 Å². The van der Waals surface area contributed by atoms with E-state index in [0.29, 0.717) is 18.2 Å². The summed E-state index contributed by atoms with van der Waals surface area (Å²) in [6.45, 7) is 2.74. The Morgan fingerprint density at radius 3 is 2.50 bits per heavy atom. The van der Waals surface area contributed by atoms with Crippen LogP contribution in [0.25, 0.3) is 0 Å². The second-order valence-corrected chi connectivity index (χ2v) is 5.24. The van der Waals surface area contributed by atoms with E-state index in [1.807, 2.05) is 0 Å². The van der Waals surface area contributed by atoms with Crippen LogP contribution in [0.1, 0.15) is 44.6 Å². The molecule has 1 aliphatic rings. The van der Waals surface area contributed by atoms with Crippen LogP contribution in [0.3, 0.4) is 0 Å². The molecule has 0 unspecified atom stereocenters. The first kappa shape index (κ1) is 13.5. The zero-order valence-electron chi connectivity index (χ0n) is 10.9. The Kier molecular flexibility index (Phi) is 4.70. The number of hydrogen-bond donors (Lipinski definition) is 1. The molecule has 1 fully saturated rings. The molecule has 0 aromatic heterocycles. The van der Waals surface area contributed by atoms with Crippen molar-refractivity contribution in [1.82, 2.24) is 5.32 Å². The molecule has 1 aromatic rings. The molecule has 18 heavy (non-hydrogen) atoms. The van der Waals surface area contributed by atoms with Crippen LogP contribution in [0.2, 0.25) is 0 Å². The van der Waals surface area contributed by atoms with Gasteiger partial charge in [0.15, 0.2) is 0 Å². The highest BCUT2D eigenvalue weighted by Crippen LogP contribution is 2.26. The third kappa shape index (κ3) is 3.52. The molecule has 1 nitrogen and oxygen atoms in total. The van der Waals surface area contributed by atoms with E-state index < -0.39 is 11.6 Å². The van der Waals surface area contributed by atoms with Crippen molar-refractivity contribution in [2.45, 2.75) is 51.6 Å². The summed E-state index contributed by atoms with van der Waals surface area (Å²) < 4.78 is 26.2. The van der Waals surface area contributed by atoms with Gasteiger partial charge >= 0.3 is 0 Å². The van der Waals surface area contributed by atoms with Gasteiger partial charge in [-0.05, 0) is 37.7 Å². The van der Waals surface area contributed by atoms with Crippen LogP contribution in [0.5, 0.6) is 0 Å². The van der Waals surface area contributed by atoms with Gasteiger partial charge in [0.2, 0.25) is 0 Å². The Morgan fingerprint density at radius 2 is 1.89 bits per heavy atom. The van der Waals surface area contributed by atoms with Gasteiger partial charge in [0.1, 0.15) is 11.6 Å². The van der Waals surface area contributed by atoms with Crippen LogP contribution in [-0.2, 0) is 6.54 Å². The Labute approximate surface area is 108 Å². The molecule has 3 heteroatoms. The van der Waals surface area contributed by atoms with Crippen LogP contribution in [-0.4, -0.2) is 6.04 Å². The second kappa shape index (κ2) is 6.28. The van der Waals surface area contributed by atoms with Crippen molar-refractivity contribution in [3.8, 4) is 0 Å². The van der Waals surface area contributed by atoms with Crippen LogP contribution in [0, 0.1) is 17.6 Å². The molecule has 0 saturated heterocycles. The highest BCUT2D eigenvalue weighted by molar-refractivity contribution is 5.18. The smallest absolute Gasteiger partial charge is 0.130 e. The van der Waals surface area contributed by atoms with E-state index in [2.05, 4.69) is 12.2 Å². The molecule has 100 valence electrons. The van der Waals surface area contributed by atoms with E-state index in [-0.39, 0.29) is 0 Å². The molecular formula is C15H21F2N. The lowest BCUT2D eigenvalue weighted by Gasteiger charge is -2.28. The summed E-state index contributed by atoms with van der Waals surface area (Å²) in [6, 6.07) is 4.27. The third-order valence-electron chi connectivity index (χ3n) is 4.02. The lowest BCUT2D eigenvalue weighted by atomic mass is 9.84. The molecule has 0 aliphatic heterocycles. The fraction of sp³-hybridized carbons (Fsp3) is 0.600. The van der Waals surface area contributed by atoms with Crippen LogP contribution >= 0.6 is 0 Å². The first-order chi connectivity index (χ1) is 8.69. The van der Waals surface area contributed by atoms with E-state index in [9.17, 15) is 8.78 Å². The number of halogens is 2. The molecular weight excluding hydrogens is 232 g/mol. The van der Waals surface area contributed by atoms with Crippen LogP contribution < -0.4 is 5.32 Å². The molecule has 1 aliphatic carbocycles. The van der Waals surface area contributed by atoms with Gasteiger partial charge < -0.3 is 5.32 Å². The van der Waals surface area contributed by atoms with Crippen molar-refractivity contribution in [2.24, 2.45) is 5.92 Å². The standard InChI is InChI=1S/C15H21F2N/c1-2-11-3-7-14(8-4-11)18-10-12-5-6-13(16)9-15(12)17/h5-6,9,11,14,18H,2-4,7-8,10H2,1H3. The minimum atomic E-state index is -0.514. The normalized spacial score (nSPS) is 24.2. The molecule has 1 saturated carbocycles. The van der Waals surface area contributed by atoms with Crippen molar-refractivity contribution < 1.29 is 8.78 Å². The van der Waals surface area contributed by atoms with Gasteiger partial charge in [0, 0.05) is 24.2 Å². The average molecular weight is 253 g/mol. The highest BCUT2D eigenvalue weighted by atomic mass is 19.1. The summed E-state index contributed by atoms with van der Waals surface area (Å²) in [5, 5.41) is 3.38. The molecule has 0 spiro atoms. The topological polar surface area (TPSA) is 12.0 Å². The van der Waals surface area contributed by atoms with Crippen molar-refractivity contribution in [1.29, 1.82) is 0 Å². The number of nitrogens with one attached hydrogen (secondary N) is 1. The quantitative estimate of drug-likeness (QED) is 0.854. The Bertz CT molecular complexity index is 384. The van der Waals surface area contributed by atoms with Gasteiger partial charge in [0.25, 0.3) is 0 Å². The summed E-state index contributed by atoms with van der Waals surface area (Å²) in [7, 11) is 0. The van der Waals surface area contributed by atoms with Gasteiger partial charge in [-0.2, -0.15) is 0 Å². The zero-order valence-corrected chi connectivity index (χ0v) is 10.9. The minimum absolute atomic E-state index is 0.454. The highest BCUT2D eigenvalue weighted by Gasteiger charge is 2.19. The Morgan fingerprint density at radius 1 is 1.17 bits per heavy atom. The Balaban J connectivity index is 1.81. The maximum atomic E-state index is 13.4. The lowest BCUT2D eigenvalue weighted by molar-refractivity contribution is 0.284. The van der Waals surface area contributed by atoms with Crippen molar-refractivity contribution >= 4 is 0 Å². The van der Waals surface area contributed by atoms with Gasteiger partial charge in [-0.3, -0.25) is 0 Å². The van der Waals surface area contributed by atoms with E-state index in [4.69, 9.17) is 0 Å². The molecule has 1 N–H and O–H groups in total. The SMILES string of the molecule is CCC1CCC(NCc2ccc(F)cc2F)CC1. The van der Waals surface area contributed by atoms with E-state index in [0.717, 1.165) is 12.0 Å². The monoisotopic (exact) mass is 253 g/mol. The molecule has 0 bridgehead atoms. The number of rotatable bonds is 4. The largest absolute Gasteiger partial charge is 0.310 e. The molecule has 0 amide bonds. The average Bonchev–Trinajstić information content (AvgIpc) is 2.38. The van der Waals surface area contributed by atoms with Gasteiger partial charge in [-0.25, -0.2) is 8.78 Å². The van der Waals surface area contributed by atoms with Crippen LogP contribution in [0.15, 0.2) is 18.2 Å². The first-order valence-electron chi connectivity index (χ1n) is 6.86. The predicted molar refractivity (Wildman–Crippen MR) is 69.2 cm³/mol. The predicted octanol–water partition coefficient (Wildman–Crippen LogP) is 4.02. The first-order valence-corrected chi connectivity index (χ1v) is 6.86. The lowest BCUT2D eigenvalue weighted by Crippen LogP contribution is -2.32. The molecule has 2 rings (SSSR count). The maximum Gasteiger partial charge on any atom is 0.130 e. The van der Waals surface area contributed by atoms with Crippen molar-refractivity contribution in [2.75, 3.05) is 0 Å². The number of hydrogen-bond acceptors (Lipinski definition) is 1. The molecule has 0 radical (unpaired) electrons. The molecule has 0 heterocycles. The summed E-state index contributed by atoms with van der Waals surface area (Å²) in [6.07, 6.45) is 6.13. The number of benzene rings is 1. The summed E-state index contributed by atoms with van der Waals surface area (Å²) in [5.41, 5.74) is 0.550. The van der Waals surface area contributed by atoms with Crippen LogP contribution in [0.4, 0.5) is 8.78 Å². The van der Waals surface area contributed by atoms with Gasteiger partial charge in [0.05, 0.1) is 0 Å². The fourth-order valence-electron chi connectivity index (χ4n) is 2.69. The van der Waals surface area contributed by atoms with Gasteiger partial charge in [-0.1, -0.05) is 19.4 Å². The van der Waals surface area contributed by atoms with E-state index in [1.54, 1.807) is 0 Å². The van der Waals surface area contributed by atoms with Crippen molar-refractivity contribution in [3.05, 3.63) is 35.4 Å². The third-order valence-corrected chi connectivity index (χ3v) is 4.02. The molecule has 1 aromatic carbocycles.